The van der Waals surface area contributed by atoms with E-state index in [0.29, 0.717) is 26.3 Å². The van der Waals surface area contributed by atoms with Crippen molar-refractivity contribution in [1.29, 1.82) is 0 Å². The van der Waals surface area contributed by atoms with Gasteiger partial charge < -0.3 is 4.48 Å². The topological polar surface area (TPSA) is 34.9 Å². The van der Waals surface area contributed by atoms with Crippen molar-refractivity contribution >= 4 is 34.3 Å². The van der Waals surface area contributed by atoms with Crippen LogP contribution in [0.1, 0.15) is 6.92 Å². The number of rotatable bonds is 5. The van der Waals surface area contributed by atoms with E-state index in [-0.39, 0.29) is 5.56 Å². The molecule has 0 fully saturated rings. The van der Waals surface area contributed by atoms with E-state index in [4.69, 9.17) is 16.6 Å². The minimum Gasteiger partial charge on any atom is -0.330 e. The summed E-state index contributed by atoms with van der Waals surface area (Å²) in [5.74, 6) is 0. The molecule has 0 aliphatic rings. The van der Waals surface area contributed by atoms with Gasteiger partial charge in [-0.05, 0) is 37.3 Å². The molecule has 4 nitrogen and oxygen atoms in total. The zero-order valence-corrected chi connectivity index (χ0v) is 17.0. The largest absolute Gasteiger partial charge is 0.330 e. The molecule has 0 bridgehead atoms. The van der Waals surface area contributed by atoms with E-state index in [1.165, 1.54) is 0 Å². The highest BCUT2D eigenvalue weighted by Gasteiger charge is 2.20. The number of thioether (sulfide) groups is 1. The van der Waals surface area contributed by atoms with Crippen LogP contribution in [0.4, 0.5) is 0 Å². The number of fused-ring (bicyclic) bond motifs is 1. The van der Waals surface area contributed by atoms with Crippen LogP contribution < -0.4 is 5.56 Å². The summed E-state index contributed by atoms with van der Waals surface area (Å²) in [6.45, 7) is 3.13. The Hall–Kier alpha value is -1.82. The summed E-state index contributed by atoms with van der Waals surface area (Å²) in [4.78, 5) is 18.0. The van der Waals surface area contributed by atoms with Gasteiger partial charge in [0.05, 0.1) is 49.5 Å². The highest BCUT2D eigenvalue weighted by Crippen LogP contribution is 2.26. The van der Waals surface area contributed by atoms with E-state index < -0.39 is 0 Å². The van der Waals surface area contributed by atoms with Crippen LogP contribution in [0.15, 0.2) is 58.5 Å². The number of para-hydroxylation sites is 1. The van der Waals surface area contributed by atoms with Gasteiger partial charge in [-0.25, -0.2) is 4.98 Å². The van der Waals surface area contributed by atoms with Gasteiger partial charge in [0, 0.05) is 5.02 Å². The summed E-state index contributed by atoms with van der Waals surface area (Å²) in [5.41, 5.74) is 1.38. The molecular weight excluding hydrogens is 366 g/mol. The van der Waals surface area contributed by atoms with E-state index in [1.807, 2.05) is 30.3 Å². The van der Waals surface area contributed by atoms with E-state index in [1.54, 1.807) is 34.5 Å². The SMILES string of the molecule is CC(C[N+](C)(C)C)Sc1nc2cc(Cl)ccc2c(=O)n1-c1ccccc1. The lowest BCUT2D eigenvalue weighted by Gasteiger charge is -2.27. The number of quaternary nitrogens is 1. The highest BCUT2D eigenvalue weighted by molar-refractivity contribution is 7.99. The van der Waals surface area contributed by atoms with Crippen LogP contribution in [-0.4, -0.2) is 47.0 Å². The van der Waals surface area contributed by atoms with Crippen molar-refractivity contribution in [1.82, 2.24) is 9.55 Å². The van der Waals surface area contributed by atoms with Crippen LogP contribution in [0.3, 0.4) is 0 Å². The molecule has 1 unspecified atom stereocenters. The molecule has 26 heavy (non-hydrogen) atoms. The summed E-state index contributed by atoms with van der Waals surface area (Å²) in [6.07, 6.45) is 0. The number of hydrogen-bond donors (Lipinski definition) is 0. The Bertz CT molecular complexity index is 980. The number of aromatic nitrogens is 2. The van der Waals surface area contributed by atoms with Gasteiger partial charge in [0.2, 0.25) is 0 Å². The zero-order valence-electron chi connectivity index (χ0n) is 15.4. The fourth-order valence-corrected chi connectivity index (χ4v) is 4.50. The van der Waals surface area contributed by atoms with Gasteiger partial charge in [0.15, 0.2) is 5.16 Å². The Kier molecular flexibility index (Phi) is 5.42. The first-order chi connectivity index (χ1) is 12.2. The fourth-order valence-electron chi connectivity index (χ4n) is 3.01. The second kappa shape index (κ2) is 7.43. The number of hydrogen-bond acceptors (Lipinski definition) is 3. The van der Waals surface area contributed by atoms with Crippen LogP contribution in [0.25, 0.3) is 16.6 Å². The minimum absolute atomic E-state index is 0.0715. The van der Waals surface area contributed by atoms with Gasteiger partial charge >= 0.3 is 0 Å². The maximum absolute atomic E-state index is 13.2. The summed E-state index contributed by atoms with van der Waals surface area (Å²) in [7, 11) is 6.48. The van der Waals surface area contributed by atoms with Gasteiger partial charge in [-0.15, -0.1) is 0 Å². The molecule has 136 valence electrons. The minimum atomic E-state index is -0.0715. The first-order valence-electron chi connectivity index (χ1n) is 8.49. The Morgan fingerprint density at radius 1 is 1.15 bits per heavy atom. The third kappa shape index (κ3) is 4.29. The molecule has 1 atom stereocenters. The van der Waals surface area contributed by atoms with E-state index >= 15 is 0 Å². The second-order valence-corrected chi connectivity index (χ2v) is 9.28. The van der Waals surface area contributed by atoms with Crippen molar-refractivity contribution in [3.05, 3.63) is 63.9 Å². The van der Waals surface area contributed by atoms with Crippen LogP contribution in [-0.2, 0) is 0 Å². The average Bonchev–Trinajstić information content (AvgIpc) is 2.53. The number of benzene rings is 2. The third-order valence-corrected chi connectivity index (χ3v) is 5.20. The van der Waals surface area contributed by atoms with Crippen molar-refractivity contribution < 1.29 is 4.48 Å². The summed E-state index contributed by atoms with van der Waals surface area (Å²) >= 11 is 7.73. The lowest BCUT2D eigenvalue weighted by molar-refractivity contribution is -0.869. The van der Waals surface area contributed by atoms with Crippen LogP contribution in [0, 0.1) is 0 Å². The molecule has 3 rings (SSSR count). The van der Waals surface area contributed by atoms with E-state index in [0.717, 1.165) is 16.7 Å². The average molecular weight is 389 g/mol. The number of nitrogens with zero attached hydrogens (tertiary/aromatic N) is 3. The van der Waals surface area contributed by atoms with Gasteiger partial charge in [-0.2, -0.15) is 0 Å². The molecule has 0 radical (unpaired) electrons. The van der Waals surface area contributed by atoms with Crippen LogP contribution in [0.2, 0.25) is 5.02 Å². The molecule has 0 N–H and O–H groups in total. The van der Waals surface area contributed by atoms with Gasteiger partial charge in [-0.3, -0.25) is 9.36 Å². The maximum atomic E-state index is 13.2. The monoisotopic (exact) mass is 388 g/mol. The Balaban J connectivity index is 2.17. The quantitative estimate of drug-likeness (QED) is 0.373. The molecule has 0 aliphatic heterocycles. The second-order valence-electron chi connectivity index (χ2n) is 7.43. The number of halogens is 1. The molecule has 2 aromatic carbocycles. The molecule has 1 aromatic heterocycles. The van der Waals surface area contributed by atoms with Gasteiger partial charge in [0.25, 0.3) is 5.56 Å². The molecule has 6 heteroatoms. The molecular formula is C20H23ClN3OS+. The van der Waals surface area contributed by atoms with Gasteiger partial charge in [-0.1, -0.05) is 41.6 Å². The Labute approximate surface area is 163 Å². The van der Waals surface area contributed by atoms with Crippen molar-refractivity contribution in [2.75, 3.05) is 27.7 Å². The lowest BCUT2D eigenvalue weighted by Crippen LogP contribution is -2.39. The summed E-state index contributed by atoms with van der Waals surface area (Å²) in [6, 6.07) is 14.9. The third-order valence-electron chi connectivity index (χ3n) is 3.93. The van der Waals surface area contributed by atoms with Crippen molar-refractivity contribution in [3.63, 3.8) is 0 Å². The Morgan fingerprint density at radius 2 is 1.85 bits per heavy atom. The molecule has 0 spiro atoms. The normalized spacial score (nSPS) is 13.1. The molecule has 0 aliphatic carbocycles. The molecule has 3 aromatic rings. The molecule has 0 amide bonds. The summed E-state index contributed by atoms with van der Waals surface area (Å²) in [5, 5.41) is 2.14. The maximum Gasteiger partial charge on any atom is 0.266 e. The fraction of sp³-hybridized carbons (Fsp3) is 0.300. The standard InChI is InChI=1S/C20H23ClN3OS/c1-14(13-24(2,3)4)26-20-22-18-12-15(21)10-11-17(18)19(25)23(20)16-8-6-5-7-9-16/h5-12,14H,13H2,1-4H3/q+1. The van der Waals surface area contributed by atoms with Crippen LogP contribution in [0.5, 0.6) is 0 Å². The zero-order chi connectivity index (χ0) is 18.9. The van der Waals surface area contributed by atoms with Gasteiger partial charge in [0.1, 0.15) is 0 Å². The predicted octanol–water partition coefficient (Wildman–Crippen LogP) is 4.23. The van der Waals surface area contributed by atoms with Crippen molar-refractivity contribution in [3.8, 4) is 5.69 Å². The predicted molar refractivity (Wildman–Crippen MR) is 111 cm³/mol. The van der Waals surface area contributed by atoms with E-state index in [2.05, 4.69) is 28.1 Å². The lowest BCUT2D eigenvalue weighted by atomic mass is 10.2. The molecule has 0 saturated carbocycles. The van der Waals surface area contributed by atoms with Crippen molar-refractivity contribution in [2.45, 2.75) is 17.3 Å². The van der Waals surface area contributed by atoms with Crippen LogP contribution >= 0.6 is 23.4 Å². The summed E-state index contributed by atoms with van der Waals surface area (Å²) < 4.78 is 2.55. The Morgan fingerprint density at radius 3 is 2.50 bits per heavy atom. The van der Waals surface area contributed by atoms with Crippen molar-refractivity contribution in [2.24, 2.45) is 0 Å². The smallest absolute Gasteiger partial charge is 0.266 e. The first-order valence-corrected chi connectivity index (χ1v) is 9.75. The first kappa shape index (κ1) is 19.0. The highest BCUT2D eigenvalue weighted by atomic mass is 35.5. The molecule has 1 heterocycles. The molecule has 0 saturated heterocycles. The van der Waals surface area contributed by atoms with E-state index in [9.17, 15) is 4.79 Å².